The summed E-state index contributed by atoms with van der Waals surface area (Å²) in [6, 6.07) is 2.71. The van der Waals surface area contributed by atoms with E-state index in [1.54, 1.807) is 0 Å². The fraction of sp³-hybridized carbons (Fsp3) is 0.400. The minimum Gasteiger partial charge on any atom is -0.465 e. The van der Waals surface area contributed by atoms with Gasteiger partial charge < -0.3 is 15.0 Å². The molecular weight excluding hydrogens is 365 g/mol. The molecule has 1 aromatic carbocycles. The van der Waals surface area contributed by atoms with Crippen molar-refractivity contribution in [1.82, 2.24) is 4.90 Å². The predicted octanol–water partition coefficient (Wildman–Crippen LogP) is 2.62. The number of rotatable bonds is 3. The molecule has 6 nitrogen and oxygen atoms in total. The van der Waals surface area contributed by atoms with E-state index in [9.17, 15) is 27.6 Å². The fourth-order valence-electron chi connectivity index (χ4n) is 2.53. The quantitative estimate of drug-likeness (QED) is 0.820. The van der Waals surface area contributed by atoms with Crippen LogP contribution in [0.2, 0.25) is 5.02 Å². The summed E-state index contributed by atoms with van der Waals surface area (Å²) in [5.41, 5.74) is 0.151. The number of carbonyl (C=O) groups is 3. The SMILES string of the molecule is COC(=O)c1ccc(Cl)c(NC(=O)C2CCCN2C(=O)C(F)(F)F)c1. The Bertz CT molecular complexity index is 709. The van der Waals surface area contributed by atoms with Crippen molar-refractivity contribution in [3.05, 3.63) is 28.8 Å². The van der Waals surface area contributed by atoms with E-state index < -0.39 is 30.0 Å². The molecule has 25 heavy (non-hydrogen) atoms. The van der Waals surface area contributed by atoms with Gasteiger partial charge in [-0.25, -0.2) is 4.79 Å². The molecule has 0 bridgehead atoms. The maximum absolute atomic E-state index is 12.6. The van der Waals surface area contributed by atoms with E-state index in [4.69, 9.17) is 11.6 Å². The molecule has 0 aromatic heterocycles. The van der Waals surface area contributed by atoms with E-state index in [2.05, 4.69) is 10.1 Å². The first kappa shape index (κ1) is 19.0. The van der Waals surface area contributed by atoms with Crippen LogP contribution in [-0.4, -0.2) is 48.6 Å². The van der Waals surface area contributed by atoms with Crippen LogP contribution in [0.4, 0.5) is 18.9 Å². The smallest absolute Gasteiger partial charge is 0.465 e. The number of ether oxygens (including phenoxy) is 1. The lowest BCUT2D eigenvalue weighted by atomic mass is 10.1. The number of nitrogens with zero attached hydrogens (tertiary/aromatic N) is 1. The highest BCUT2D eigenvalue weighted by atomic mass is 35.5. The molecule has 1 atom stereocenters. The molecular formula is C15H14ClF3N2O4. The van der Waals surface area contributed by atoms with Gasteiger partial charge in [0.15, 0.2) is 0 Å². The van der Waals surface area contributed by atoms with Crippen LogP contribution in [0.3, 0.4) is 0 Å². The summed E-state index contributed by atoms with van der Waals surface area (Å²) in [6.07, 6.45) is -4.68. The number of nitrogens with one attached hydrogen (secondary N) is 1. The lowest BCUT2D eigenvalue weighted by molar-refractivity contribution is -0.186. The third-order valence-electron chi connectivity index (χ3n) is 3.70. The number of esters is 1. The third kappa shape index (κ3) is 4.22. The number of halogens is 4. The van der Waals surface area contributed by atoms with E-state index in [0.717, 1.165) is 0 Å². The zero-order chi connectivity index (χ0) is 18.8. The number of likely N-dealkylation sites (tertiary alicyclic amines) is 1. The van der Waals surface area contributed by atoms with Crippen molar-refractivity contribution >= 4 is 35.1 Å². The van der Waals surface area contributed by atoms with Crippen molar-refractivity contribution in [3.8, 4) is 0 Å². The molecule has 1 aliphatic heterocycles. The van der Waals surface area contributed by atoms with Crippen LogP contribution in [0, 0.1) is 0 Å². The Morgan fingerprint density at radius 1 is 1.32 bits per heavy atom. The van der Waals surface area contributed by atoms with Gasteiger partial charge in [-0.15, -0.1) is 0 Å². The van der Waals surface area contributed by atoms with Crippen molar-refractivity contribution in [2.75, 3.05) is 19.0 Å². The van der Waals surface area contributed by atoms with E-state index in [1.807, 2.05) is 0 Å². The summed E-state index contributed by atoms with van der Waals surface area (Å²) in [6.45, 7) is -0.160. The molecule has 0 saturated carbocycles. The molecule has 1 unspecified atom stereocenters. The highest BCUT2D eigenvalue weighted by molar-refractivity contribution is 6.34. The van der Waals surface area contributed by atoms with Gasteiger partial charge in [-0.3, -0.25) is 9.59 Å². The summed E-state index contributed by atoms with van der Waals surface area (Å²) in [7, 11) is 1.17. The van der Waals surface area contributed by atoms with E-state index in [-0.39, 0.29) is 35.7 Å². The molecule has 10 heteroatoms. The van der Waals surface area contributed by atoms with Crippen LogP contribution in [0.15, 0.2) is 18.2 Å². The first-order valence-corrected chi connectivity index (χ1v) is 7.59. The minimum absolute atomic E-state index is 0.0425. The average molecular weight is 379 g/mol. The van der Waals surface area contributed by atoms with Gasteiger partial charge in [-0.05, 0) is 31.0 Å². The Morgan fingerprint density at radius 3 is 2.60 bits per heavy atom. The normalized spacial score (nSPS) is 17.3. The molecule has 2 amide bonds. The Kier molecular flexibility index (Phi) is 5.56. The van der Waals surface area contributed by atoms with Crippen LogP contribution < -0.4 is 5.32 Å². The first-order chi connectivity index (χ1) is 11.6. The second-order valence-electron chi connectivity index (χ2n) is 5.33. The lowest BCUT2D eigenvalue weighted by Gasteiger charge is -2.25. The monoisotopic (exact) mass is 378 g/mol. The standard InChI is InChI=1S/C15H14ClF3N2O4/c1-25-13(23)8-4-5-9(16)10(7-8)20-12(22)11-3-2-6-21(11)14(24)15(17,18)19/h4-5,7,11H,2-3,6H2,1H3,(H,20,22). The van der Waals surface area contributed by atoms with Crippen LogP contribution >= 0.6 is 11.6 Å². The first-order valence-electron chi connectivity index (χ1n) is 7.21. The van der Waals surface area contributed by atoms with Crippen molar-refractivity contribution in [2.24, 2.45) is 0 Å². The van der Waals surface area contributed by atoms with Gasteiger partial charge in [-0.1, -0.05) is 11.6 Å². The number of carbonyl (C=O) groups excluding carboxylic acids is 3. The minimum atomic E-state index is -5.05. The zero-order valence-corrected chi connectivity index (χ0v) is 13.8. The molecule has 1 saturated heterocycles. The second kappa shape index (κ2) is 7.30. The zero-order valence-electron chi connectivity index (χ0n) is 13.0. The van der Waals surface area contributed by atoms with Crippen LogP contribution in [0.5, 0.6) is 0 Å². The van der Waals surface area contributed by atoms with E-state index in [1.165, 1.54) is 25.3 Å². The summed E-state index contributed by atoms with van der Waals surface area (Å²) in [5.74, 6) is -3.53. The highest BCUT2D eigenvalue weighted by Crippen LogP contribution is 2.28. The largest absolute Gasteiger partial charge is 0.471 e. The van der Waals surface area contributed by atoms with Gasteiger partial charge in [0.2, 0.25) is 5.91 Å². The number of anilines is 1. The van der Waals surface area contributed by atoms with Gasteiger partial charge in [0.05, 0.1) is 23.4 Å². The van der Waals surface area contributed by atoms with Gasteiger partial charge >= 0.3 is 18.1 Å². The molecule has 1 fully saturated rings. The van der Waals surface area contributed by atoms with Gasteiger partial charge in [0.25, 0.3) is 0 Å². The van der Waals surface area contributed by atoms with Crippen molar-refractivity contribution < 1.29 is 32.3 Å². The summed E-state index contributed by atoms with van der Waals surface area (Å²) in [5, 5.41) is 2.46. The molecule has 0 spiro atoms. The number of benzene rings is 1. The maximum atomic E-state index is 12.6. The number of alkyl halides is 3. The van der Waals surface area contributed by atoms with Crippen molar-refractivity contribution in [3.63, 3.8) is 0 Å². The fourth-order valence-corrected chi connectivity index (χ4v) is 2.69. The molecule has 1 N–H and O–H groups in total. The van der Waals surface area contributed by atoms with E-state index in [0.29, 0.717) is 4.90 Å². The van der Waals surface area contributed by atoms with Crippen LogP contribution in [-0.2, 0) is 14.3 Å². The number of hydrogen-bond donors (Lipinski definition) is 1. The summed E-state index contributed by atoms with van der Waals surface area (Å²) < 4.78 is 42.4. The number of methoxy groups -OCH3 is 1. The molecule has 136 valence electrons. The predicted molar refractivity (Wildman–Crippen MR) is 82.2 cm³/mol. The summed E-state index contributed by atoms with van der Waals surface area (Å²) >= 11 is 5.94. The Morgan fingerprint density at radius 2 is 2.00 bits per heavy atom. The van der Waals surface area contributed by atoms with E-state index >= 15 is 0 Å². The molecule has 2 rings (SSSR count). The molecule has 1 aliphatic rings. The second-order valence-corrected chi connectivity index (χ2v) is 5.74. The van der Waals surface area contributed by atoms with Gasteiger partial charge in [-0.2, -0.15) is 13.2 Å². The molecule has 0 aliphatic carbocycles. The topological polar surface area (TPSA) is 75.7 Å². The van der Waals surface area contributed by atoms with Crippen molar-refractivity contribution in [2.45, 2.75) is 25.1 Å². The maximum Gasteiger partial charge on any atom is 0.471 e. The Balaban J connectivity index is 2.19. The van der Waals surface area contributed by atoms with Crippen LogP contribution in [0.1, 0.15) is 23.2 Å². The van der Waals surface area contributed by atoms with Gasteiger partial charge in [0.1, 0.15) is 6.04 Å². The number of amides is 2. The molecule has 1 heterocycles. The molecule has 0 radical (unpaired) electrons. The number of hydrogen-bond acceptors (Lipinski definition) is 4. The average Bonchev–Trinajstić information content (AvgIpc) is 3.04. The van der Waals surface area contributed by atoms with Crippen molar-refractivity contribution in [1.29, 1.82) is 0 Å². The Hall–Kier alpha value is -2.29. The Labute approximate surface area is 145 Å². The summed E-state index contributed by atoms with van der Waals surface area (Å²) in [4.78, 5) is 35.7. The van der Waals surface area contributed by atoms with Crippen LogP contribution in [0.25, 0.3) is 0 Å². The molecule has 1 aromatic rings. The highest BCUT2D eigenvalue weighted by Gasteiger charge is 2.47. The van der Waals surface area contributed by atoms with Gasteiger partial charge in [0, 0.05) is 6.54 Å². The lowest BCUT2D eigenvalue weighted by Crippen LogP contribution is -2.48. The third-order valence-corrected chi connectivity index (χ3v) is 4.03.